The van der Waals surface area contributed by atoms with Crippen molar-refractivity contribution in [3.8, 4) is 0 Å². The summed E-state index contributed by atoms with van der Waals surface area (Å²) in [5.74, 6) is 0.457. The standard InChI is InChI=1S/C7H13NO2/c1-6-3-2-4-10-7(6)8-5-9/h5-7H,2-4H2,1H3,(H,8,9). The van der Waals surface area contributed by atoms with Crippen LogP contribution in [0.3, 0.4) is 0 Å². The molecule has 0 aromatic rings. The highest BCUT2D eigenvalue weighted by Crippen LogP contribution is 2.17. The van der Waals surface area contributed by atoms with E-state index in [1.54, 1.807) is 0 Å². The SMILES string of the molecule is CC1CCCOC1NC=O. The second-order valence-corrected chi connectivity index (χ2v) is 2.70. The minimum atomic E-state index is -0.0498. The third kappa shape index (κ3) is 1.70. The Kier molecular flexibility index (Phi) is 2.68. The molecule has 1 aliphatic heterocycles. The molecule has 0 radical (unpaired) electrons. The van der Waals surface area contributed by atoms with Gasteiger partial charge in [-0.25, -0.2) is 0 Å². The molecule has 58 valence electrons. The largest absolute Gasteiger partial charge is 0.358 e. The second kappa shape index (κ2) is 3.56. The first-order valence-electron chi connectivity index (χ1n) is 3.66. The molecule has 1 saturated heterocycles. The minimum absolute atomic E-state index is 0.0498. The van der Waals surface area contributed by atoms with Crippen LogP contribution in [-0.2, 0) is 9.53 Å². The zero-order chi connectivity index (χ0) is 7.40. The van der Waals surface area contributed by atoms with E-state index in [9.17, 15) is 4.79 Å². The van der Waals surface area contributed by atoms with Crippen LogP contribution in [0.15, 0.2) is 0 Å². The van der Waals surface area contributed by atoms with Gasteiger partial charge < -0.3 is 10.1 Å². The fourth-order valence-corrected chi connectivity index (χ4v) is 1.21. The first kappa shape index (κ1) is 7.54. The summed E-state index contributed by atoms with van der Waals surface area (Å²) in [6.07, 6.45) is 2.90. The highest BCUT2D eigenvalue weighted by molar-refractivity contribution is 5.46. The van der Waals surface area contributed by atoms with E-state index in [2.05, 4.69) is 12.2 Å². The van der Waals surface area contributed by atoms with Gasteiger partial charge in [-0.3, -0.25) is 4.79 Å². The molecule has 1 rings (SSSR count). The zero-order valence-corrected chi connectivity index (χ0v) is 6.17. The lowest BCUT2D eigenvalue weighted by Gasteiger charge is -2.28. The number of carbonyl (C=O) groups is 1. The molecule has 1 fully saturated rings. The monoisotopic (exact) mass is 143 g/mol. The number of nitrogens with one attached hydrogen (secondary N) is 1. The fraction of sp³-hybridized carbons (Fsp3) is 0.857. The third-order valence-electron chi connectivity index (χ3n) is 1.85. The average molecular weight is 143 g/mol. The summed E-state index contributed by atoms with van der Waals surface area (Å²) in [5, 5.41) is 2.63. The van der Waals surface area contributed by atoms with Crippen LogP contribution in [0, 0.1) is 5.92 Å². The van der Waals surface area contributed by atoms with E-state index in [1.807, 2.05) is 0 Å². The summed E-state index contributed by atoms with van der Waals surface area (Å²) in [5.41, 5.74) is 0. The van der Waals surface area contributed by atoms with E-state index < -0.39 is 0 Å². The molecule has 0 bridgehead atoms. The Bertz CT molecular complexity index is 116. The van der Waals surface area contributed by atoms with Gasteiger partial charge in [0, 0.05) is 12.5 Å². The number of rotatable bonds is 2. The zero-order valence-electron chi connectivity index (χ0n) is 6.17. The van der Waals surface area contributed by atoms with Crippen molar-refractivity contribution >= 4 is 6.41 Å². The Morgan fingerprint density at radius 3 is 3.10 bits per heavy atom. The van der Waals surface area contributed by atoms with Gasteiger partial charge in [-0.05, 0) is 12.8 Å². The maximum absolute atomic E-state index is 10.0. The van der Waals surface area contributed by atoms with Gasteiger partial charge >= 0.3 is 0 Å². The summed E-state index contributed by atoms with van der Waals surface area (Å²) in [7, 11) is 0. The Morgan fingerprint density at radius 1 is 1.70 bits per heavy atom. The van der Waals surface area contributed by atoms with Gasteiger partial charge in [-0.1, -0.05) is 6.92 Å². The number of hydrogen-bond donors (Lipinski definition) is 1. The van der Waals surface area contributed by atoms with Crippen LogP contribution in [0.5, 0.6) is 0 Å². The van der Waals surface area contributed by atoms with E-state index in [0.29, 0.717) is 12.3 Å². The topological polar surface area (TPSA) is 38.3 Å². The summed E-state index contributed by atoms with van der Waals surface area (Å²) in [6.45, 7) is 2.86. The Morgan fingerprint density at radius 2 is 2.50 bits per heavy atom. The third-order valence-corrected chi connectivity index (χ3v) is 1.85. The predicted molar refractivity (Wildman–Crippen MR) is 37.3 cm³/mol. The van der Waals surface area contributed by atoms with Gasteiger partial charge in [0.25, 0.3) is 0 Å². The number of carbonyl (C=O) groups excluding carboxylic acids is 1. The predicted octanol–water partition coefficient (Wildman–Crippen LogP) is 0.505. The molecule has 0 aliphatic carbocycles. The second-order valence-electron chi connectivity index (χ2n) is 2.70. The summed E-state index contributed by atoms with van der Waals surface area (Å²) in [6, 6.07) is 0. The molecule has 0 saturated carbocycles. The molecule has 2 unspecified atom stereocenters. The first-order chi connectivity index (χ1) is 4.84. The van der Waals surface area contributed by atoms with Crippen LogP contribution in [0.2, 0.25) is 0 Å². The van der Waals surface area contributed by atoms with Crippen molar-refractivity contribution in [2.24, 2.45) is 5.92 Å². The number of ether oxygens (including phenoxy) is 1. The molecule has 1 aliphatic rings. The van der Waals surface area contributed by atoms with Gasteiger partial charge in [0.05, 0.1) is 0 Å². The quantitative estimate of drug-likeness (QED) is 0.572. The molecule has 10 heavy (non-hydrogen) atoms. The van der Waals surface area contributed by atoms with Gasteiger partial charge in [-0.15, -0.1) is 0 Å². The average Bonchev–Trinajstić information content (AvgIpc) is 1.94. The van der Waals surface area contributed by atoms with E-state index in [1.165, 1.54) is 0 Å². The van der Waals surface area contributed by atoms with Crippen molar-refractivity contribution in [3.05, 3.63) is 0 Å². The molecule has 1 heterocycles. The lowest BCUT2D eigenvalue weighted by molar-refractivity contribution is -0.117. The van der Waals surface area contributed by atoms with Gasteiger partial charge in [-0.2, -0.15) is 0 Å². The van der Waals surface area contributed by atoms with E-state index >= 15 is 0 Å². The molecule has 1 amide bonds. The van der Waals surface area contributed by atoms with Gasteiger partial charge in [0.1, 0.15) is 6.23 Å². The van der Waals surface area contributed by atoms with E-state index in [-0.39, 0.29) is 6.23 Å². The normalized spacial score (nSPS) is 33.3. The number of amides is 1. The highest BCUT2D eigenvalue weighted by atomic mass is 16.5. The molecule has 1 N–H and O–H groups in total. The Balaban J connectivity index is 2.32. The Labute approximate surface area is 60.7 Å². The summed E-state index contributed by atoms with van der Waals surface area (Å²) < 4.78 is 5.29. The van der Waals surface area contributed by atoms with Gasteiger partial charge in [0.15, 0.2) is 0 Å². The maximum Gasteiger partial charge on any atom is 0.209 e. The minimum Gasteiger partial charge on any atom is -0.358 e. The molecule has 0 spiro atoms. The van der Waals surface area contributed by atoms with Crippen molar-refractivity contribution in [2.45, 2.75) is 26.0 Å². The van der Waals surface area contributed by atoms with E-state index in [4.69, 9.17) is 4.74 Å². The summed E-state index contributed by atoms with van der Waals surface area (Å²) >= 11 is 0. The van der Waals surface area contributed by atoms with E-state index in [0.717, 1.165) is 19.4 Å². The van der Waals surface area contributed by atoms with Crippen LogP contribution in [-0.4, -0.2) is 19.2 Å². The highest BCUT2D eigenvalue weighted by Gasteiger charge is 2.20. The smallest absolute Gasteiger partial charge is 0.209 e. The molecular formula is C7H13NO2. The molecular weight excluding hydrogens is 130 g/mol. The summed E-state index contributed by atoms with van der Waals surface area (Å²) in [4.78, 5) is 10.0. The molecule has 3 nitrogen and oxygen atoms in total. The van der Waals surface area contributed by atoms with Crippen molar-refractivity contribution in [2.75, 3.05) is 6.61 Å². The molecule has 2 atom stereocenters. The van der Waals surface area contributed by atoms with Crippen molar-refractivity contribution in [1.29, 1.82) is 0 Å². The Hall–Kier alpha value is -0.570. The van der Waals surface area contributed by atoms with Crippen molar-refractivity contribution in [3.63, 3.8) is 0 Å². The maximum atomic E-state index is 10.0. The van der Waals surface area contributed by atoms with Crippen LogP contribution >= 0.6 is 0 Å². The molecule has 0 aromatic heterocycles. The first-order valence-corrected chi connectivity index (χ1v) is 3.66. The van der Waals surface area contributed by atoms with Crippen LogP contribution < -0.4 is 5.32 Å². The van der Waals surface area contributed by atoms with Crippen LogP contribution in [0.1, 0.15) is 19.8 Å². The van der Waals surface area contributed by atoms with Crippen molar-refractivity contribution < 1.29 is 9.53 Å². The lowest BCUT2D eigenvalue weighted by Crippen LogP contribution is -2.39. The fourth-order valence-electron chi connectivity index (χ4n) is 1.21. The molecule has 0 aromatic carbocycles. The number of hydrogen-bond acceptors (Lipinski definition) is 2. The molecule has 3 heteroatoms. The van der Waals surface area contributed by atoms with Crippen LogP contribution in [0.25, 0.3) is 0 Å². The lowest BCUT2D eigenvalue weighted by atomic mass is 10.0. The van der Waals surface area contributed by atoms with Crippen molar-refractivity contribution in [1.82, 2.24) is 5.32 Å². The van der Waals surface area contributed by atoms with Gasteiger partial charge in [0.2, 0.25) is 6.41 Å². The van der Waals surface area contributed by atoms with Crippen LogP contribution in [0.4, 0.5) is 0 Å².